The third kappa shape index (κ3) is 4.58. The van der Waals surface area contributed by atoms with Crippen LogP contribution < -0.4 is 10.9 Å². The molecule has 0 fully saturated rings. The Bertz CT molecular complexity index is 746. The van der Waals surface area contributed by atoms with Gasteiger partial charge in [-0.2, -0.15) is 9.78 Å². The lowest BCUT2D eigenvalue weighted by Crippen LogP contribution is -2.25. The van der Waals surface area contributed by atoms with E-state index in [4.69, 9.17) is 16.3 Å². The number of ether oxygens (including phenoxy) is 1. The lowest BCUT2D eigenvalue weighted by molar-refractivity contribution is -0.143. The number of hydrogen-bond donors (Lipinski definition) is 1. The van der Waals surface area contributed by atoms with E-state index in [1.165, 1.54) is 10.9 Å². The molecule has 0 aliphatic heterocycles. The van der Waals surface area contributed by atoms with Gasteiger partial charge in [0.25, 0.3) is 5.56 Å². The fraction of sp³-hybridized carbons (Fsp3) is 0.353. The van der Waals surface area contributed by atoms with Crippen LogP contribution in [0.3, 0.4) is 0 Å². The number of anilines is 1. The second-order valence-electron chi connectivity index (χ2n) is 5.31. The summed E-state index contributed by atoms with van der Waals surface area (Å²) in [6.45, 7) is 4.04. The van der Waals surface area contributed by atoms with Gasteiger partial charge in [-0.15, -0.1) is 0 Å². The highest BCUT2D eigenvalue weighted by atomic mass is 35.5. The van der Waals surface area contributed by atoms with Gasteiger partial charge in [-0.1, -0.05) is 29.8 Å². The van der Waals surface area contributed by atoms with E-state index in [2.05, 4.69) is 10.4 Å². The number of halogens is 1. The molecule has 0 amide bonds. The first kappa shape index (κ1) is 18.0. The predicted octanol–water partition coefficient (Wildman–Crippen LogP) is 3.03. The summed E-state index contributed by atoms with van der Waals surface area (Å²) in [5.74, 6) is -0.241. The van der Waals surface area contributed by atoms with Crippen molar-refractivity contribution in [2.24, 2.45) is 0 Å². The van der Waals surface area contributed by atoms with E-state index in [9.17, 15) is 9.59 Å². The zero-order valence-corrected chi connectivity index (χ0v) is 14.4. The molecule has 1 heterocycles. The fourth-order valence-corrected chi connectivity index (χ4v) is 2.38. The third-order valence-corrected chi connectivity index (χ3v) is 3.77. The van der Waals surface area contributed by atoms with Gasteiger partial charge >= 0.3 is 5.97 Å². The van der Waals surface area contributed by atoms with Crippen LogP contribution in [-0.4, -0.2) is 28.4 Å². The largest absolute Gasteiger partial charge is 0.466 e. The number of hydrogen-bond acceptors (Lipinski definition) is 5. The molecule has 0 saturated carbocycles. The number of carbonyl (C=O) groups is 1. The fourth-order valence-electron chi connectivity index (χ4n) is 2.19. The first-order valence-electron chi connectivity index (χ1n) is 7.78. The second kappa shape index (κ2) is 8.49. The minimum absolute atomic E-state index is 0.0549. The van der Waals surface area contributed by atoms with Gasteiger partial charge in [-0.3, -0.25) is 9.59 Å². The average molecular weight is 350 g/mol. The van der Waals surface area contributed by atoms with Gasteiger partial charge in [0.1, 0.15) is 5.02 Å². The molecule has 0 bridgehead atoms. The highest BCUT2D eigenvalue weighted by molar-refractivity contribution is 6.32. The van der Waals surface area contributed by atoms with Crippen molar-refractivity contribution >= 4 is 23.3 Å². The first-order chi connectivity index (χ1) is 11.5. The number of esters is 1. The minimum atomic E-state index is -0.398. The molecule has 2 aromatic rings. The van der Waals surface area contributed by atoms with Crippen LogP contribution in [0.1, 0.15) is 26.7 Å². The van der Waals surface area contributed by atoms with Gasteiger partial charge in [0, 0.05) is 12.5 Å². The molecule has 128 valence electrons. The van der Waals surface area contributed by atoms with Crippen LogP contribution in [0.25, 0.3) is 5.69 Å². The molecule has 0 radical (unpaired) electrons. The normalized spacial score (nSPS) is 11.8. The van der Waals surface area contributed by atoms with Crippen LogP contribution in [0, 0.1) is 0 Å². The molecule has 0 spiro atoms. The van der Waals surface area contributed by atoms with Crippen molar-refractivity contribution in [3.63, 3.8) is 0 Å². The van der Waals surface area contributed by atoms with Crippen LogP contribution in [0.15, 0.2) is 41.3 Å². The van der Waals surface area contributed by atoms with Crippen molar-refractivity contribution in [2.45, 2.75) is 32.7 Å². The van der Waals surface area contributed by atoms with E-state index < -0.39 is 5.56 Å². The van der Waals surface area contributed by atoms with Gasteiger partial charge in [-0.05, 0) is 32.4 Å². The molecule has 0 aliphatic rings. The SMILES string of the molecule is CCOC(=O)CC[C@H](C)Nc1cnn(-c2ccccc2)c(=O)c1Cl. The van der Waals surface area contributed by atoms with Gasteiger partial charge < -0.3 is 10.1 Å². The molecular formula is C17H20ClN3O3. The lowest BCUT2D eigenvalue weighted by Gasteiger charge is -2.16. The molecule has 1 atom stereocenters. The molecule has 0 unspecified atom stereocenters. The summed E-state index contributed by atoms with van der Waals surface area (Å²) in [4.78, 5) is 23.8. The molecule has 0 saturated heterocycles. The molecule has 6 nitrogen and oxygen atoms in total. The van der Waals surface area contributed by atoms with Gasteiger partial charge in [0.2, 0.25) is 0 Å². The number of carbonyl (C=O) groups excluding carboxylic acids is 1. The number of nitrogens with zero attached hydrogens (tertiary/aromatic N) is 2. The Hall–Kier alpha value is -2.34. The van der Waals surface area contributed by atoms with E-state index in [0.29, 0.717) is 30.8 Å². The summed E-state index contributed by atoms with van der Waals surface area (Å²) >= 11 is 6.18. The Labute approximate surface area is 145 Å². The summed E-state index contributed by atoms with van der Waals surface area (Å²) < 4.78 is 6.14. The van der Waals surface area contributed by atoms with Crippen molar-refractivity contribution in [1.82, 2.24) is 9.78 Å². The van der Waals surface area contributed by atoms with Crippen molar-refractivity contribution in [1.29, 1.82) is 0 Å². The Morgan fingerprint density at radius 3 is 2.75 bits per heavy atom. The number of rotatable bonds is 7. The lowest BCUT2D eigenvalue weighted by atomic mass is 10.2. The van der Waals surface area contributed by atoms with E-state index in [1.54, 1.807) is 19.1 Å². The van der Waals surface area contributed by atoms with Crippen LogP contribution in [0.4, 0.5) is 5.69 Å². The molecule has 1 aromatic heterocycles. The molecule has 7 heteroatoms. The van der Waals surface area contributed by atoms with E-state index >= 15 is 0 Å². The zero-order chi connectivity index (χ0) is 17.5. The van der Waals surface area contributed by atoms with E-state index in [1.807, 2.05) is 25.1 Å². The van der Waals surface area contributed by atoms with Crippen molar-refractivity contribution < 1.29 is 9.53 Å². The second-order valence-corrected chi connectivity index (χ2v) is 5.69. The summed E-state index contributed by atoms with van der Waals surface area (Å²) in [7, 11) is 0. The van der Waals surface area contributed by atoms with Gasteiger partial charge in [-0.25, -0.2) is 0 Å². The Balaban J connectivity index is 2.08. The summed E-state index contributed by atoms with van der Waals surface area (Å²) in [6.07, 6.45) is 2.38. The smallest absolute Gasteiger partial charge is 0.305 e. The number of para-hydroxylation sites is 1. The maximum atomic E-state index is 12.4. The zero-order valence-electron chi connectivity index (χ0n) is 13.7. The predicted molar refractivity (Wildman–Crippen MR) is 93.8 cm³/mol. The maximum absolute atomic E-state index is 12.4. The highest BCUT2D eigenvalue weighted by Crippen LogP contribution is 2.18. The quantitative estimate of drug-likeness (QED) is 0.778. The molecule has 1 N–H and O–H groups in total. The van der Waals surface area contributed by atoms with E-state index in [-0.39, 0.29) is 17.0 Å². The summed E-state index contributed by atoms with van der Waals surface area (Å²) in [5.41, 5.74) is 0.696. The van der Waals surface area contributed by atoms with Crippen LogP contribution in [-0.2, 0) is 9.53 Å². The Kier molecular flexibility index (Phi) is 6.37. The van der Waals surface area contributed by atoms with Crippen LogP contribution >= 0.6 is 11.6 Å². The van der Waals surface area contributed by atoms with Crippen LogP contribution in [0.5, 0.6) is 0 Å². The van der Waals surface area contributed by atoms with Crippen molar-refractivity contribution in [3.05, 3.63) is 51.9 Å². The molecule has 2 rings (SSSR count). The highest BCUT2D eigenvalue weighted by Gasteiger charge is 2.13. The summed E-state index contributed by atoms with van der Waals surface area (Å²) in [6, 6.07) is 9.00. The summed E-state index contributed by atoms with van der Waals surface area (Å²) in [5, 5.41) is 7.33. The first-order valence-corrected chi connectivity index (χ1v) is 8.16. The topological polar surface area (TPSA) is 73.2 Å². The molecular weight excluding hydrogens is 330 g/mol. The third-order valence-electron chi connectivity index (χ3n) is 3.41. The van der Waals surface area contributed by atoms with Crippen molar-refractivity contribution in [2.75, 3.05) is 11.9 Å². The molecule has 1 aromatic carbocycles. The molecule has 0 aliphatic carbocycles. The average Bonchev–Trinajstić information content (AvgIpc) is 2.58. The van der Waals surface area contributed by atoms with Gasteiger partial charge in [0.15, 0.2) is 0 Å². The van der Waals surface area contributed by atoms with Crippen molar-refractivity contribution in [3.8, 4) is 5.69 Å². The van der Waals surface area contributed by atoms with E-state index in [0.717, 1.165) is 0 Å². The monoisotopic (exact) mass is 349 g/mol. The minimum Gasteiger partial charge on any atom is -0.466 e. The Morgan fingerprint density at radius 1 is 1.38 bits per heavy atom. The number of benzene rings is 1. The standard InChI is InChI=1S/C17H20ClN3O3/c1-3-24-15(22)10-9-12(2)20-14-11-19-21(17(23)16(14)18)13-7-5-4-6-8-13/h4-8,11-12,20H,3,9-10H2,1-2H3/t12-/m0/s1. The van der Waals surface area contributed by atoms with Gasteiger partial charge in [0.05, 0.1) is 24.2 Å². The number of nitrogens with one attached hydrogen (secondary N) is 1. The maximum Gasteiger partial charge on any atom is 0.305 e. The number of aromatic nitrogens is 2. The van der Waals surface area contributed by atoms with Crippen LogP contribution in [0.2, 0.25) is 5.02 Å². The Morgan fingerprint density at radius 2 is 2.08 bits per heavy atom. The molecule has 24 heavy (non-hydrogen) atoms.